The Hall–Kier alpha value is -0.410. The standard InChI is InChI=1S/C11H13BrFN/c1-7-5-9(12)10(13)6-8(7)11-3-2-4-14-11/h5-6,11,14H,2-4H2,1H3/t11-/m1/s1. The Bertz CT molecular complexity index is 345. The molecule has 0 unspecified atom stereocenters. The molecule has 3 heteroatoms. The monoisotopic (exact) mass is 257 g/mol. The van der Waals surface area contributed by atoms with Gasteiger partial charge in [0.25, 0.3) is 0 Å². The molecule has 1 nitrogen and oxygen atoms in total. The Morgan fingerprint density at radius 2 is 2.29 bits per heavy atom. The molecule has 76 valence electrons. The molecule has 1 atom stereocenters. The van der Waals surface area contributed by atoms with Crippen LogP contribution in [0.4, 0.5) is 4.39 Å². The number of hydrogen-bond donors (Lipinski definition) is 1. The van der Waals surface area contributed by atoms with Crippen LogP contribution in [0, 0.1) is 12.7 Å². The molecule has 1 fully saturated rings. The van der Waals surface area contributed by atoms with Crippen molar-refractivity contribution in [1.82, 2.24) is 5.32 Å². The Kier molecular flexibility index (Phi) is 2.88. The Balaban J connectivity index is 2.37. The van der Waals surface area contributed by atoms with Crippen LogP contribution in [-0.2, 0) is 0 Å². The van der Waals surface area contributed by atoms with Gasteiger partial charge in [0, 0.05) is 6.04 Å². The van der Waals surface area contributed by atoms with Crippen molar-refractivity contribution < 1.29 is 4.39 Å². The maximum atomic E-state index is 13.3. The topological polar surface area (TPSA) is 12.0 Å². The van der Waals surface area contributed by atoms with Gasteiger partial charge in [0.2, 0.25) is 0 Å². The van der Waals surface area contributed by atoms with E-state index in [1.165, 1.54) is 6.42 Å². The summed E-state index contributed by atoms with van der Waals surface area (Å²) in [6.45, 7) is 3.07. The van der Waals surface area contributed by atoms with E-state index in [2.05, 4.69) is 21.2 Å². The van der Waals surface area contributed by atoms with E-state index < -0.39 is 0 Å². The van der Waals surface area contributed by atoms with Crippen LogP contribution < -0.4 is 5.32 Å². The van der Waals surface area contributed by atoms with Gasteiger partial charge in [-0.05, 0) is 65.5 Å². The summed E-state index contributed by atoms with van der Waals surface area (Å²) in [7, 11) is 0. The summed E-state index contributed by atoms with van der Waals surface area (Å²) >= 11 is 3.19. The second-order valence-corrected chi connectivity index (χ2v) is 4.63. The molecular formula is C11H13BrFN. The van der Waals surface area contributed by atoms with Crippen LogP contribution in [0.25, 0.3) is 0 Å². The zero-order valence-corrected chi connectivity index (χ0v) is 9.70. The molecule has 1 saturated heterocycles. The second-order valence-electron chi connectivity index (χ2n) is 3.77. The van der Waals surface area contributed by atoms with Crippen molar-refractivity contribution in [3.63, 3.8) is 0 Å². The first-order valence-corrected chi connectivity index (χ1v) is 5.66. The zero-order chi connectivity index (χ0) is 10.1. The average molecular weight is 258 g/mol. The second kappa shape index (κ2) is 3.99. The highest BCUT2D eigenvalue weighted by atomic mass is 79.9. The summed E-state index contributed by atoms with van der Waals surface area (Å²) in [5.74, 6) is -0.167. The van der Waals surface area contributed by atoms with Crippen molar-refractivity contribution in [1.29, 1.82) is 0 Å². The van der Waals surface area contributed by atoms with Crippen LogP contribution in [0.1, 0.15) is 30.0 Å². The first-order valence-electron chi connectivity index (χ1n) is 4.87. The minimum absolute atomic E-state index is 0.167. The van der Waals surface area contributed by atoms with Gasteiger partial charge in [-0.2, -0.15) is 0 Å². The quantitative estimate of drug-likeness (QED) is 0.814. The molecule has 1 aromatic carbocycles. The number of benzene rings is 1. The van der Waals surface area contributed by atoms with Crippen LogP contribution in [-0.4, -0.2) is 6.54 Å². The van der Waals surface area contributed by atoms with E-state index in [0.717, 1.165) is 24.1 Å². The molecule has 1 heterocycles. The van der Waals surface area contributed by atoms with E-state index >= 15 is 0 Å². The van der Waals surface area contributed by atoms with Crippen molar-refractivity contribution in [2.24, 2.45) is 0 Å². The molecule has 0 amide bonds. The lowest BCUT2D eigenvalue weighted by molar-refractivity contribution is 0.599. The van der Waals surface area contributed by atoms with Gasteiger partial charge in [-0.3, -0.25) is 0 Å². The summed E-state index contributed by atoms with van der Waals surface area (Å²) in [5, 5.41) is 3.38. The van der Waals surface area contributed by atoms with Gasteiger partial charge in [0.1, 0.15) is 5.82 Å². The lowest BCUT2D eigenvalue weighted by Gasteiger charge is -2.14. The molecule has 1 aromatic rings. The Labute approximate surface area is 91.8 Å². The maximum Gasteiger partial charge on any atom is 0.137 e. The van der Waals surface area contributed by atoms with E-state index in [4.69, 9.17) is 0 Å². The van der Waals surface area contributed by atoms with Crippen molar-refractivity contribution in [2.75, 3.05) is 6.54 Å². The predicted octanol–water partition coefficient (Wildman–Crippen LogP) is 3.32. The molecule has 14 heavy (non-hydrogen) atoms. The first kappa shape index (κ1) is 10.1. The average Bonchev–Trinajstić information content (AvgIpc) is 2.64. The summed E-state index contributed by atoms with van der Waals surface area (Å²) in [4.78, 5) is 0. The Morgan fingerprint density at radius 3 is 2.93 bits per heavy atom. The molecule has 0 saturated carbocycles. The van der Waals surface area contributed by atoms with Crippen LogP contribution in [0.5, 0.6) is 0 Å². The predicted molar refractivity (Wildman–Crippen MR) is 58.8 cm³/mol. The van der Waals surface area contributed by atoms with Gasteiger partial charge < -0.3 is 5.32 Å². The van der Waals surface area contributed by atoms with Crippen LogP contribution in [0.2, 0.25) is 0 Å². The number of halogens is 2. The molecule has 1 aliphatic rings. The number of aryl methyl sites for hydroxylation is 1. The lowest BCUT2D eigenvalue weighted by Crippen LogP contribution is -2.14. The third-order valence-electron chi connectivity index (χ3n) is 2.74. The molecule has 1 aliphatic heterocycles. The minimum atomic E-state index is -0.167. The van der Waals surface area contributed by atoms with E-state index in [1.54, 1.807) is 6.07 Å². The molecule has 0 aliphatic carbocycles. The normalized spacial score (nSPS) is 21.5. The molecular weight excluding hydrogens is 245 g/mol. The van der Waals surface area contributed by atoms with Gasteiger partial charge in [-0.25, -0.2) is 4.39 Å². The number of rotatable bonds is 1. The van der Waals surface area contributed by atoms with Crippen LogP contribution >= 0.6 is 15.9 Å². The van der Waals surface area contributed by atoms with E-state index in [0.29, 0.717) is 10.5 Å². The minimum Gasteiger partial charge on any atom is -0.310 e. The summed E-state index contributed by atoms with van der Waals surface area (Å²) in [5.41, 5.74) is 2.25. The van der Waals surface area contributed by atoms with Gasteiger partial charge in [-0.15, -0.1) is 0 Å². The van der Waals surface area contributed by atoms with Crippen LogP contribution in [0.15, 0.2) is 16.6 Å². The SMILES string of the molecule is Cc1cc(Br)c(F)cc1[C@H]1CCCN1. The number of hydrogen-bond acceptors (Lipinski definition) is 1. The largest absolute Gasteiger partial charge is 0.310 e. The van der Waals surface area contributed by atoms with Gasteiger partial charge in [0.15, 0.2) is 0 Å². The maximum absolute atomic E-state index is 13.3. The Morgan fingerprint density at radius 1 is 1.50 bits per heavy atom. The fourth-order valence-corrected chi connectivity index (χ4v) is 2.44. The summed E-state index contributed by atoms with van der Waals surface area (Å²) < 4.78 is 13.9. The van der Waals surface area contributed by atoms with Gasteiger partial charge >= 0.3 is 0 Å². The zero-order valence-electron chi connectivity index (χ0n) is 8.11. The van der Waals surface area contributed by atoms with Gasteiger partial charge in [0.05, 0.1) is 4.47 Å². The molecule has 0 radical (unpaired) electrons. The van der Waals surface area contributed by atoms with Crippen LogP contribution in [0.3, 0.4) is 0 Å². The first-order chi connectivity index (χ1) is 6.68. The van der Waals surface area contributed by atoms with Crippen molar-refractivity contribution in [2.45, 2.75) is 25.8 Å². The summed E-state index contributed by atoms with van der Waals surface area (Å²) in [6.07, 6.45) is 2.30. The van der Waals surface area contributed by atoms with E-state index in [9.17, 15) is 4.39 Å². The highest BCUT2D eigenvalue weighted by Crippen LogP contribution is 2.29. The fourth-order valence-electron chi connectivity index (χ4n) is 1.99. The molecule has 2 rings (SSSR count). The lowest BCUT2D eigenvalue weighted by atomic mass is 10.00. The molecule has 0 spiro atoms. The van der Waals surface area contributed by atoms with E-state index in [1.807, 2.05) is 13.0 Å². The molecule has 1 N–H and O–H groups in total. The fraction of sp³-hybridized carbons (Fsp3) is 0.455. The molecule has 0 aromatic heterocycles. The third kappa shape index (κ3) is 1.84. The highest BCUT2D eigenvalue weighted by molar-refractivity contribution is 9.10. The van der Waals surface area contributed by atoms with Gasteiger partial charge in [-0.1, -0.05) is 0 Å². The summed E-state index contributed by atoms with van der Waals surface area (Å²) in [6, 6.07) is 3.84. The number of nitrogens with one attached hydrogen (secondary N) is 1. The van der Waals surface area contributed by atoms with Crippen molar-refractivity contribution in [3.05, 3.63) is 33.5 Å². The molecule has 0 bridgehead atoms. The smallest absolute Gasteiger partial charge is 0.137 e. The highest BCUT2D eigenvalue weighted by Gasteiger charge is 2.19. The van der Waals surface area contributed by atoms with Crippen molar-refractivity contribution >= 4 is 15.9 Å². The van der Waals surface area contributed by atoms with Crippen molar-refractivity contribution in [3.8, 4) is 0 Å². The third-order valence-corrected chi connectivity index (χ3v) is 3.35. The van der Waals surface area contributed by atoms with E-state index in [-0.39, 0.29) is 5.82 Å².